The topological polar surface area (TPSA) is 95.9 Å². The molecule has 0 aromatic heterocycles. The summed E-state index contributed by atoms with van der Waals surface area (Å²) in [6.45, 7) is 5.75. The number of nitrogens with one attached hydrogen (secondary N) is 1. The molecular formula is C35H49F5N2O5S. The molecule has 1 aliphatic heterocycles. The van der Waals surface area contributed by atoms with Gasteiger partial charge in [-0.05, 0) is 111 Å². The van der Waals surface area contributed by atoms with Crippen LogP contribution < -0.4 is 10.1 Å². The van der Waals surface area contributed by atoms with Crippen LogP contribution in [0.25, 0.3) is 0 Å². The third-order valence-corrected chi connectivity index (χ3v) is 13.1. The molecule has 7 nitrogen and oxygen atoms in total. The van der Waals surface area contributed by atoms with E-state index in [1.54, 1.807) is 4.90 Å². The van der Waals surface area contributed by atoms with Crippen molar-refractivity contribution in [3.63, 3.8) is 0 Å². The standard InChI is InChI=1S/C35H49F5N2O5S/c1-22-19-27-24(21-29(22)47-32(45)42-14-9-25(10-15-42)41-13-16-43)20-23(31-26(27)8-12-33(2)28(31)6-7-30(33)44)5-3-17-48(46)18-4-11-34(36,37)35(38,39)40/h19,21,23,25-26,28,31,41,43H,3-18,20H2,1-2H3/t23-,26-,28+,31-,33+,48?/m1/s1. The van der Waals surface area contributed by atoms with Crippen molar-refractivity contribution < 1.29 is 45.6 Å². The third kappa shape index (κ3) is 7.93. The maximum absolute atomic E-state index is 13.3. The molecule has 3 aliphatic carbocycles. The minimum Gasteiger partial charge on any atom is -0.410 e. The first-order chi connectivity index (χ1) is 22.6. The highest BCUT2D eigenvalue weighted by molar-refractivity contribution is 7.84. The molecule has 5 rings (SSSR count). The molecule has 2 N–H and O–H groups in total. The van der Waals surface area contributed by atoms with Gasteiger partial charge in [-0.15, -0.1) is 0 Å². The summed E-state index contributed by atoms with van der Waals surface area (Å²) in [6, 6.07) is 4.37. The number of halogens is 5. The van der Waals surface area contributed by atoms with Gasteiger partial charge in [-0.25, -0.2) is 4.79 Å². The molecule has 48 heavy (non-hydrogen) atoms. The second-order valence-corrected chi connectivity index (χ2v) is 16.3. The maximum Gasteiger partial charge on any atom is 0.453 e. The number of alkyl halides is 5. The molecule has 0 bridgehead atoms. The Bertz CT molecular complexity index is 1350. The summed E-state index contributed by atoms with van der Waals surface area (Å²) in [4.78, 5) is 27.9. The van der Waals surface area contributed by atoms with Gasteiger partial charge >= 0.3 is 18.2 Å². The lowest BCUT2D eigenvalue weighted by Crippen LogP contribution is -2.46. The lowest BCUT2D eigenvalue weighted by atomic mass is 9.52. The fourth-order valence-corrected chi connectivity index (χ4v) is 10.1. The van der Waals surface area contributed by atoms with Crippen LogP contribution >= 0.6 is 0 Å². The number of ketones is 1. The van der Waals surface area contributed by atoms with E-state index in [1.807, 2.05) is 13.0 Å². The van der Waals surface area contributed by atoms with Crippen molar-refractivity contribution in [1.29, 1.82) is 0 Å². The number of nitrogens with zero attached hydrogens (tertiary/aromatic N) is 1. The molecule has 2 saturated carbocycles. The van der Waals surface area contributed by atoms with Crippen LogP contribution in [0.1, 0.15) is 93.7 Å². The van der Waals surface area contributed by atoms with Gasteiger partial charge in [-0.1, -0.05) is 13.0 Å². The van der Waals surface area contributed by atoms with Crippen molar-refractivity contribution in [3.05, 3.63) is 28.8 Å². The molecule has 1 saturated heterocycles. The number of likely N-dealkylation sites (tertiary alicyclic amines) is 1. The first kappa shape index (κ1) is 37.1. The van der Waals surface area contributed by atoms with Crippen LogP contribution in [-0.2, 0) is 22.0 Å². The first-order valence-corrected chi connectivity index (χ1v) is 18.9. The fourth-order valence-electron chi connectivity index (χ4n) is 8.98. The molecule has 0 radical (unpaired) electrons. The van der Waals surface area contributed by atoms with Gasteiger partial charge in [0.15, 0.2) is 0 Å². The van der Waals surface area contributed by atoms with Gasteiger partial charge in [0.05, 0.1) is 6.61 Å². The minimum atomic E-state index is -5.61. The lowest BCUT2D eigenvalue weighted by molar-refractivity contribution is -0.284. The number of hydrogen-bond acceptors (Lipinski definition) is 6. The van der Waals surface area contributed by atoms with E-state index in [2.05, 4.69) is 18.3 Å². The third-order valence-electron chi connectivity index (χ3n) is 11.6. The zero-order valence-corrected chi connectivity index (χ0v) is 28.7. The summed E-state index contributed by atoms with van der Waals surface area (Å²) in [5.74, 6) is -3.06. The number of rotatable bonds is 12. The second-order valence-electron chi connectivity index (χ2n) is 14.6. The van der Waals surface area contributed by atoms with Crippen LogP contribution in [0, 0.1) is 30.1 Å². The number of aryl methyl sites for hydroxylation is 1. The van der Waals surface area contributed by atoms with Crippen molar-refractivity contribution in [2.24, 2.45) is 23.2 Å². The quantitative estimate of drug-likeness (QED) is 0.235. The Morgan fingerprint density at radius 3 is 2.50 bits per heavy atom. The predicted octanol–water partition coefficient (Wildman–Crippen LogP) is 6.70. The molecule has 6 atom stereocenters. The molecule has 1 aromatic rings. The van der Waals surface area contributed by atoms with Crippen LogP contribution in [0.2, 0.25) is 0 Å². The van der Waals surface area contributed by atoms with Gasteiger partial charge in [-0.3, -0.25) is 9.00 Å². The van der Waals surface area contributed by atoms with E-state index in [4.69, 9.17) is 9.84 Å². The molecule has 13 heteroatoms. The predicted molar refractivity (Wildman–Crippen MR) is 173 cm³/mol. The van der Waals surface area contributed by atoms with E-state index < -0.39 is 41.8 Å². The van der Waals surface area contributed by atoms with Crippen LogP contribution in [-0.4, -0.2) is 82.0 Å². The zero-order chi connectivity index (χ0) is 34.9. The number of benzene rings is 1. The van der Waals surface area contributed by atoms with Crippen molar-refractivity contribution in [3.8, 4) is 5.75 Å². The number of amides is 1. The summed E-state index contributed by atoms with van der Waals surface area (Å²) in [5, 5.41) is 12.3. The van der Waals surface area contributed by atoms with Crippen molar-refractivity contribution in [1.82, 2.24) is 10.2 Å². The summed E-state index contributed by atoms with van der Waals surface area (Å²) in [5.41, 5.74) is 2.85. The Hall–Kier alpha value is -2.12. The number of carbonyl (C=O) groups is 2. The zero-order valence-electron chi connectivity index (χ0n) is 27.9. The van der Waals surface area contributed by atoms with Gasteiger partial charge in [-0.2, -0.15) is 22.0 Å². The van der Waals surface area contributed by atoms with E-state index >= 15 is 0 Å². The van der Waals surface area contributed by atoms with Crippen LogP contribution in [0.15, 0.2) is 12.1 Å². The second kappa shape index (κ2) is 15.0. The number of carbonyl (C=O) groups excluding carboxylic acids is 2. The number of piperidine rings is 1. The first-order valence-electron chi connectivity index (χ1n) is 17.4. The monoisotopic (exact) mass is 704 g/mol. The Morgan fingerprint density at radius 1 is 1.10 bits per heavy atom. The van der Waals surface area contributed by atoms with E-state index in [-0.39, 0.29) is 53.2 Å². The highest BCUT2D eigenvalue weighted by atomic mass is 32.2. The number of aliphatic hydroxyl groups excluding tert-OH is 1. The summed E-state index contributed by atoms with van der Waals surface area (Å²) >= 11 is 0. The SMILES string of the molecule is Cc1cc2c(cc1OC(=O)N1CCC(NCCO)CC1)C[C@@H](CCCS(=O)CCCC(F)(F)C(F)(F)F)[C@@H]1[C@@H]2CC[C@]2(C)C(=O)CC[C@@H]12. The number of ether oxygens (including phenoxy) is 1. The average molecular weight is 705 g/mol. The van der Waals surface area contributed by atoms with E-state index in [9.17, 15) is 35.8 Å². The summed E-state index contributed by atoms with van der Waals surface area (Å²) in [7, 11) is -1.51. The minimum absolute atomic E-state index is 0.0675. The number of aliphatic hydroxyl groups is 1. The molecule has 1 heterocycles. The van der Waals surface area contributed by atoms with Crippen LogP contribution in [0.3, 0.4) is 0 Å². The average Bonchev–Trinajstić information content (AvgIpc) is 3.33. The number of hydrogen-bond donors (Lipinski definition) is 2. The summed E-state index contributed by atoms with van der Waals surface area (Å²) < 4.78 is 82.7. The van der Waals surface area contributed by atoms with Crippen molar-refractivity contribution in [2.75, 3.05) is 37.7 Å². The van der Waals surface area contributed by atoms with Gasteiger partial charge < -0.3 is 20.1 Å². The molecule has 1 amide bonds. The highest BCUT2D eigenvalue weighted by Crippen LogP contribution is 2.61. The Labute approximate surface area is 282 Å². The van der Waals surface area contributed by atoms with Gasteiger partial charge in [0, 0.05) is 66.2 Å². The van der Waals surface area contributed by atoms with E-state index in [0.717, 1.165) is 43.2 Å². The molecule has 0 spiro atoms. The Balaban J connectivity index is 1.26. The van der Waals surface area contributed by atoms with Crippen LogP contribution in [0.4, 0.5) is 26.7 Å². The lowest BCUT2D eigenvalue weighted by Gasteiger charge is -2.52. The molecule has 1 aromatic carbocycles. The Morgan fingerprint density at radius 2 is 1.81 bits per heavy atom. The van der Waals surface area contributed by atoms with Crippen LogP contribution in [0.5, 0.6) is 5.75 Å². The highest BCUT2D eigenvalue weighted by Gasteiger charge is 2.57. The van der Waals surface area contributed by atoms with E-state index in [1.165, 1.54) is 5.56 Å². The molecule has 3 fully saturated rings. The normalized spacial score (nSPS) is 28.5. The van der Waals surface area contributed by atoms with Gasteiger partial charge in [0.25, 0.3) is 0 Å². The smallest absolute Gasteiger partial charge is 0.410 e. The van der Waals surface area contributed by atoms with E-state index in [0.29, 0.717) is 56.9 Å². The number of Topliss-reactive ketones (excluding diaryl/α,β-unsaturated/α-hetero) is 1. The van der Waals surface area contributed by atoms with Crippen molar-refractivity contribution in [2.45, 2.75) is 109 Å². The largest absolute Gasteiger partial charge is 0.453 e. The van der Waals surface area contributed by atoms with Gasteiger partial charge in [0.2, 0.25) is 0 Å². The fraction of sp³-hybridized carbons (Fsp3) is 0.771. The Kier molecular flexibility index (Phi) is 11.6. The van der Waals surface area contributed by atoms with Gasteiger partial charge in [0.1, 0.15) is 11.5 Å². The molecule has 1 unspecified atom stereocenters. The maximum atomic E-state index is 13.3. The molecule has 4 aliphatic rings. The molecule has 270 valence electrons. The van der Waals surface area contributed by atoms with Crippen molar-refractivity contribution >= 4 is 22.7 Å². The molecular weight excluding hydrogens is 655 g/mol. The summed E-state index contributed by atoms with van der Waals surface area (Å²) in [6.07, 6.45) is -1.26. The number of fused-ring (bicyclic) bond motifs is 5.